The van der Waals surface area contributed by atoms with Crippen molar-refractivity contribution >= 4 is 23.6 Å². The van der Waals surface area contributed by atoms with Crippen molar-refractivity contribution in [1.29, 1.82) is 0 Å². The third-order valence-corrected chi connectivity index (χ3v) is 2.73. The van der Waals surface area contributed by atoms with E-state index < -0.39 is 4.92 Å². The van der Waals surface area contributed by atoms with E-state index in [4.69, 9.17) is 0 Å². The zero-order valence-corrected chi connectivity index (χ0v) is 11.5. The number of carbonyl (C=O) groups is 2. The Kier molecular flexibility index (Phi) is 5.64. The van der Waals surface area contributed by atoms with Crippen molar-refractivity contribution in [3.8, 4) is 0 Å². The Balaban J connectivity index is 2.83. The second-order valence-electron chi connectivity index (χ2n) is 4.32. The molecule has 0 aliphatic heterocycles. The Morgan fingerprint density at radius 1 is 1.50 bits per heavy atom. The van der Waals surface area contributed by atoms with Crippen LogP contribution < -0.4 is 10.2 Å². The van der Waals surface area contributed by atoms with Crippen LogP contribution in [0.1, 0.15) is 23.7 Å². The fourth-order valence-corrected chi connectivity index (χ4v) is 1.67. The summed E-state index contributed by atoms with van der Waals surface area (Å²) in [6.07, 6.45) is 1.29. The molecule has 7 nitrogen and oxygen atoms in total. The number of nitrogens with one attached hydrogen (secondary N) is 1. The zero-order chi connectivity index (χ0) is 15.1. The highest BCUT2D eigenvalue weighted by molar-refractivity contribution is 5.85. The average molecular weight is 279 g/mol. The van der Waals surface area contributed by atoms with Gasteiger partial charge < -0.3 is 10.2 Å². The van der Waals surface area contributed by atoms with Gasteiger partial charge in [-0.05, 0) is 18.6 Å². The smallest absolute Gasteiger partial charge is 0.280 e. The first-order chi connectivity index (χ1) is 9.49. The Morgan fingerprint density at radius 3 is 2.75 bits per heavy atom. The molecule has 0 heterocycles. The van der Waals surface area contributed by atoms with E-state index in [2.05, 4.69) is 5.32 Å². The second-order valence-corrected chi connectivity index (χ2v) is 4.32. The van der Waals surface area contributed by atoms with Crippen molar-refractivity contribution in [2.24, 2.45) is 0 Å². The molecule has 0 spiro atoms. The quantitative estimate of drug-likeness (QED) is 0.462. The van der Waals surface area contributed by atoms with Gasteiger partial charge in [0.25, 0.3) is 5.69 Å². The van der Waals surface area contributed by atoms with Gasteiger partial charge in [-0.2, -0.15) is 0 Å². The molecule has 0 aliphatic rings. The summed E-state index contributed by atoms with van der Waals surface area (Å²) in [5.41, 5.74) is 0.324. The van der Waals surface area contributed by atoms with Gasteiger partial charge in [0.2, 0.25) is 5.91 Å². The molecule has 20 heavy (non-hydrogen) atoms. The molecule has 1 amide bonds. The maximum absolute atomic E-state index is 11.6. The van der Waals surface area contributed by atoms with Gasteiger partial charge in [0.1, 0.15) is 0 Å². The van der Waals surface area contributed by atoms with Crippen LogP contribution in [0, 0.1) is 10.1 Å². The number of aldehydes is 1. The standard InChI is InChI=1S/C13H17N3O4/c1-3-6-14-13(18)8-15(2)11-4-5-12(16(19)20)10(7-11)9-17/h4-5,7,9H,3,6,8H2,1-2H3,(H,14,18). The van der Waals surface area contributed by atoms with Crippen LogP contribution in [0.5, 0.6) is 0 Å². The van der Waals surface area contributed by atoms with Crippen molar-refractivity contribution < 1.29 is 14.5 Å². The molecule has 1 N–H and O–H groups in total. The number of likely N-dealkylation sites (N-methyl/N-ethyl adjacent to an activating group) is 1. The lowest BCUT2D eigenvalue weighted by Crippen LogP contribution is -2.35. The number of amides is 1. The first kappa shape index (κ1) is 15.6. The number of nitrogens with zero attached hydrogens (tertiary/aromatic N) is 2. The number of anilines is 1. The monoisotopic (exact) mass is 279 g/mol. The summed E-state index contributed by atoms with van der Waals surface area (Å²) in [5.74, 6) is -0.139. The Hall–Kier alpha value is -2.44. The minimum Gasteiger partial charge on any atom is -0.365 e. The Labute approximate surface area is 116 Å². The molecule has 1 rings (SSSR count). The molecule has 0 saturated heterocycles. The maximum atomic E-state index is 11.6. The molecule has 0 unspecified atom stereocenters. The summed E-state index contributed by atoms with van der Waals surface area (Å²) in [4.78, 5) is 34.2. The molecular weight excluding hydrogens is 262 g/mol. The van der Waals surface area contributed by atoms with Crippen LogP contribution in [0.15, 0.2) is 18.2 Å². The first-order valence-corrected chi connectivity index (χ1v) is 6.21. The summed E-state index contributed by atoms with van der Waals surface area (Å²) < 4.78 is 0. The van der Waals surface area contributed by atoms with Crippen molar-refractivity contribution in [1.82, 2.24) is 5.32 Å². The molecule has 0 aromatic heterocycles. The lowest BCUT2D eigenvalue weighted by atomic mass is 10.1. The SMILES string of the molecule is CCCNC(=O)CN(C)c1ccc([N+](=O)[O-])c(C=O)c1. The molecular formula is C13H17N3O4. The van der Waals surface area contributed by atoms with Crippen LogP contribution in [0.2, 0.25) is 0 Å². The number of benzene rings is 1. The zero-order valence-electron chi connectivity index (χ0n) is 11.5. The lowest BCUT2D eigenvalue weighted by molar-refractivity contribution is -0.385. The predicted octanol–water partition coefficient (Wildman–Crippen LogP) is 1.37. The number of nitro groups is 1. The fraction of sp³-hybridized carbons (Fsp3) is 0.385. The van der Waals surface area contributed by atoms with E-state index in [9.17, 15) is 19.7 Å². The minimum absolute atomic E-state index is 0.00619. The van der Waals surface area contributed by atoms with Gasteiger partial charge in [0.15, 0.2) is 6.29 Å². The van der Waals surface area contributed by atoms with Gasteiger partial charge >= 0.3 is 0 Å². The average Bonchev–Trinajstić information content (AvgIpc) is 2.44. The number of hydrogen-bond acceptors (Lipinski definition) is 5. The van der Waals surface area contributed by atoms with Crippen molar-refractivity contribution in [3.63, 3.8) is 0 Å². The number of nitro benzene ring substituents is 1. The summed E-state index contributed by atoms with van der Waals surface area (Å²) in [7, 11) is 1.68. The molecule has 1 aromatic carbocycles. The molecule has 0 bridgehead atoms. The van der Waals surface area contributed by atoms with Gasteiger partial charge in [-0.15, -0.1) is 0 Å². The minimum atomic E-state index is -0.610. The van der Waals surface area contributed by atoms with Gasteiger partial charge in [-0.1, -0.05) is 6.92 Å². The van der Waals surface area contributed by atoms with E-state index in [0.29, 0.717) is 18.5 Å². The molecule has 0 fully saturated rings. The van der Waals surface area contributed by atoms with Crippen LogP contribution in [0.3, 0.4) is 0 Å². The molecule has 1 aromatic rings. The number of hydrogen-bond donors (Lipinski definition) is 1. The van der Waals surface area contributed by atoms with Gasteiger partial charge in [-0.25, -0.2) is 0 Å². The third kappa shape index (κ3) is 4.04. The van der Waals surface area contributed by atoms with Gasteiger partial charge in [0.05, 0.1) is 17.0 Å². The van der Waals surface area contributed by atoms with Crippen molar-refractivity contribution in [3.05, 3.63) is 33.9 Å². The van der Waals surface area contributed by atoms with Gasteiger partial charge in [0, 0.05) is 25.3 Å². The van der Waals surface area contributed by atoms with Crippen LogP contribution in [-0.2, 0) is 4.79 Å². The molecule has 108 valence electrons. The molecule has 7 heteroatoms. The van der Waals surface area contributed by atoms with Crippen molar-refractivity contribution in [2.45, 2.75) is 13.3 Å². The Morgan fingerprint density at radius 2 is 2.20 bits per heavy atom. The predicted molar refractivity (Wildman–Crippen MR) is 75.1 cm³/mol. The van der Waals surface area contributed by atoms with E-state index in [0.717, 1.165) is 6.42 Å². The topological polar surface area (TPSA) is 92.6 Å². The highest BCUT2D eigenvalue weighted by Crippen LogP contribution is 2.22. The number of carbonyl (C=O) groups excluding carboxylic acids is 2. The maximum Gasteiger partial charge on any atom is 0.280 e. The second kappa shape index (κ2) is 7.22. The summed E-state index contributed by atoms with van der Waals surface area (Å²) in [6.45, 7) is 2.68. The van der Waals surface area contributed by atoms with Crippen LogP contribution in [-0.4, -0.2) is 37.3 Å². The van der Waals surface area contributed by atoms with Crippen LogP contribution in [0.25, 0.3) is 0 Å². The van der Waals surface area contributed by atoms with Gasteiger partial charge in [-0.3, -0.25) is 19.7 Å². The fourth-order valence-electron chi connectivity index (χ4n) is 1.67. The van der Waals surface area contributed by atoms with E-state index >= 15 is 0 Å². The van der Waals surface area contributed by atoms with Crippen LogP contribution in [0.4, 0.5) is 11.4 Å². The third-order valence-electron chi connectivity index (χ3n) is 2.73. The van der Waals surface area contributed by atoms with Crippen molar-refractivity contribution in [2.75, 3.05) is 25.0 Å². The Bertz CT molecular complexity index is 516. The van der Waals surface area contributed by atoms with E-state index in [1.807, 2.05) is 6.92 Å². The highest BCUT2D eigenvalue weighted by Gasteiger charge is 2.15. The molecule has 0 aliphatic carbocycles. The highest BCUT2D eigenvalue weighted by atomic mass is 16.6. The molecule has 0 saturated carbocycles. The molecule has 0 radical (unpaired) electrons. The summed E-state index contributed by atoms with van der Waals surface area (Å²) in [5, 5.41) is 13.5. The van der Waals surface area contributed by atoms with E-state index in [1.54, 1.807) is 11.9 Å². The summed E-state index contributed by atoms with van der Waals surface area (Å²) >= 11 is 0. The lowest BCUT2D eigenvalue weighted by Gasteiger charge is -2.19. The normalized spacial score (nSPS) is 9.90. The van der Waals surface area contributed by atoms with E-state index in [-0.39, 0.29) is 23.7 Å². The van der Waals surface area contributed by atoms with E-state index in [1.165, 1.54) is 18.2 Å². The van der Waals surface area contributed by atoms with Crippen LogP contribution >= 0.6 is 0 Å². The first-order valence-electron chi connectivity index (χ1n) is 6.21. The summed E-state index contributed by atoms with van der Waals surface area (Å²) in [6, 6.07) is 4.18. The molecule has 0 atom stereocenters. The largest absolute Gasteiger partial charge is 0.365 e. The number of rotatable bonds is 7.